The normalized spacial score (nSPS) is 19.5. The molecule has 1 saturated carbocycles. The zero-order valence-electron chi connectivity index (χ0n) is 17.8. The number of halogens is 2. The summed E-state index contributed by atoms with van der Waals surface area (Å²) in [7, 11) is 1.76. The Morgan fingerprint density at radius 1 is 1.31 bits per heavy atom. The Kier molecular flexibility index (Phi) is 10.1. The van der Waals surface area contributed by atoms with Crippen molar-refractivity contribution in [2.75, 3.05) is 46.4 Å². The minimum Gasteiger partial charge on any atom is -0.385 e. The van der Waals surface area contributed by atoms with Gasteiger partial charge >= 0.3 is 0 Å². The third-order valence-electron chi connectivity index (χ3n) is 5.93. The highest BCUT2D eigenvalue weighted by atomic mass is 127. The van der Waals surface area contributed by atoms with E-state index in [1.165, 1.54) is 6.07 Å². The van der Waals surface area contributed by atoms with E-state index in [0.717, 1.165) is 76.4 Å². The lowest BCUT2D eigenvalue weighted by molar-refractivity contribution is 0.155. The molecule has 164 valence electrons. The van der Waals surface area contributed by atoms with Crippen LogP contribution in [0.3, 0.4) is 0 Å². The smallest absolute Gasteiger partial charge is 0.191 e. The van der Waals surface area contributed by atoms with Crippen molar-refractivity contribution in [3.05, 3.63) is 35.6 Å². The molecule has 5 nitrogen and oxygen atoms in total. The van der Waals surface area contributed by atoms with Gasteiger partial charge in [-0.15, -0.1) is 24.0 Å². The molecule has 1 saturated heterocycles. The number of hydrogen-bond donors (Lipinski definition) is 2. The highest BCUT2D eigenvalue weighted by Crippen LogP contribution is 2.48. The molecule has 1 aliphatic carbocycles. The van der Waals surface area contributed by atoms with E-state index in [4.69, 9.17) is 9.73 Å². The molecule has 0 amide bonds. The molecule has 3 rings (SSSR count). The average molecular weight is 518 g/mol. The van der Waals surface area contributed by atoms with E-state index in [1.807, 2.05) is 6.07 Å². The first-order valence-corrected chi connectivity index (χ1v) is 10.7. The zero-order valence-corrected chi connectivity index (χ0v) is 20.1. The summed E-state index contributed by atoms with van der Waals surface area (Å²) in [6.07, 6.45) is 5.53. The zero-order chi connectivity index (χ0) is 19.8. The Morgan fingerprint density at radius 2 is 2.07 bits per heavy atom. The second-order valence-corrected chi connectivity index (χ2v) is 8.09. The van der Waals surface area contributed by atoms with Crippen LogP contribution < -0.4 is 10.6 Å². The van der Waals surface area contributed by atoms with Crippen LogP contribution in [0.15, 0.2) is 29.3 Å². The van der Waals surface area contributed by atoms with E-state index >= 15 is 0 Å². The van der Waals surface area contributed by atoms with Gasteiger partial charge in [0.1, 0.15) is 5.82 Å². The van der Waals surface area contributed by atoms with Gasteiger partial charge in [0, 0.05) is 51.4 Å². The van der Waals surface area contributed by atoms with Crippen molar-refractivity contribution in [1.82, 2.24) is 15.5 Å². The molecule has 0 spiro atoms. The van der Waals surface area contributed by atoms with E-state index in [2.05, 4.69) is 22.5 Å². The summed E-state index contributed by atoms with van der Waals surface area (Å²) in [4.78, 5) is 7.39. The molecule has 0 radical (unpaired) electrons. The molecule has 7 heteroatoms. The van der Waals surface area contributed by atoms with Crippen molar-refractivity contribution in [1.29, 1.82) is 0 Å². The number of piperidine rings is 1. The van der Waals surface area contributed by atoms with Gasteiger partial charge in [-0.25, -0.2) is 4.39 Å². The number of nitrogens with zero attached hydrogens (tertiary/aromatic N) is 2. The Morgan fingerprint density at radius 3 is 2.69 bits per heavy atom. The molecule has 2 aliphatic rings. The van der Waals surface area contributed by atoms with Gasteiger partial charge in [-0.1, -0.05) is 12.1 Å². The summed E-state index contributed by atoms with van der Waals surface area (Å²) in [6, 6.07) is 7.47. The number of hydrogen-bond acceptors (Lipinski definition) is 3. The highest BCUT2D eigenvalue weighted by molar-refractivity contribution is 14.0. The van der Waals surface area contributed by atoms with Gasteiger partial charge in [-0.3, -0.25) is 4.99 Å². The average Bonchev–Trinajstić information content (AvgIpc) is 3.49. The van der Waals surface area contributed by atoms with E-state index in [9.17, 15) is 4.39 Å². The molecular formula is C22H36FIN4O. The second kappa shape index (κ2) is 12.1. The standard InChI is InChI=1S/C22H35FN4O.HI/c1-3-24-21(26-20-8-13-27(14-9-20)12-5-15-28-2)25-17-22(10-11-22)18-6-4-7-19(23)16-18;/h4,6-7,16,20H,3,5,8-15,17H2,1-2H3,(H2,24,25,26);1H. The Hall–Kier alpha value is -0.930. The number of rotatable bonds is 9. The lowest BCUT2D eigenvalue weighted by Crippen LogP contribution is -2.49. The van der Waals surface area contributed by atoms with Crippen LogP contribution in [0.25, 0.3) is 0 Å². The molecule has 1 aromatic carbocycles. The van der Waals surface area contributed by atoms with Crippen LogP contribution in [0.4, 0.5) is 4.39 Å². The number of methoxy groups -OCH3 is 1. The molecule has 1 aromatic rings. The van der Waals surface area contributed by atoms with Crippen molar-refractivity contribution in [2.45, 2.75) is 50.5 Å². The summed E-state index contributed by atoms with van der Waals surface area (Å²) in [5.41, 5.74) is 1.10. The number of likely N-dealkylation sites (tertiary alicyclic amines) is 1. The first-order valence-electron chi connectivity index (χ1n) is 10.7. The third-order valence-corrected chi connectivity index (χ3v) is 5.93. The number of aliphatic imine (C=N–C) groups is 1. The van der Waals surface area contributed by atoms with Crippen LogP contribution in [0.2, 0.25) is 0 Å². The number of benzene rings is 1. The Bertz CT molecular complexity index is 645. The molecule has 0 atom stereocenters. The topological polar surface area (TPSA) is 48.9 Å². The third kappa shape index (κ3) is 7.36. The maximum Gasteiger partial charge on any atom is 0.191 e. The summed E-state index contributed by atoms with van der Waals surface area (Å²) in [6.45, 7) is 7.83. The molecule has 1 heterocycles. The summed E-state index contributed by atoms with van der Waals surface area (Å²) in [5, 5.41) is 7.00. The van der Waals surface area contributed by atoms with Crippen molar-refractivity contribution < 1.29 is 9.13 Å². The van der Waals surface area contributed by atoms with Gasteiger partial charge in [0.05, 0.1) is 6.54 Å². The quantitative estimate of drug-likeness (QED) is 0.227. The molecule has 1 aliphatic heterocycles. The first kappa shape index (κ1) is 24.3. The van der Waals surface area contributed by atoms with E-state index in [1.54, 1.807) is 19.2 Å². The molecule has 0 unspecified atom stereocenters. The van der Waals surface area contributed by atoms with Crippen LogP contribution in [0.1, 0.15) is 44.6 Å². The molecule has 0 aromatic heterocycles. The number of nitrogens with one attached hydrogen (secondary N) is 2. The molecule has 29 heavy (non-hydrogen) atoms. The number of ether oxygens (including phenoxy) is 1. The van der Waals surface area contributed by atoms with Gasteiger partial charge < -0.3 is 20.3 Å². The van der Waals surface area contributed by atoms with E-state index < -0.39 is 0 Å². The Balaban J connectivity index is 0.00000300. The van der Waals surface area contributed by atoms with Crippen molar-refractivity contribution in [2.24, 2.45) is 4.99 Å². The molecule has 2 N–H and O–H groups in total. The van der Waals surface area contributed by atoms with Crippen LogP contribution >= 0.6 is 24.0 Å². The minimum absolute atomic E-state index is 0. The Labute approximate surface area is 191 Å². The van der Waals surface area contributed by atoms with E-state index in [-0.39, 0.29) is 35.2 Å². The maximum atomic E-state index is 13.6. The van der Waals surface area contributed by atoms with Gasteiger partial charge in [-0.2, -0.15) is 0 Å². The minimum atomic E-state index is -0.157. The fourth-order valence-electron chi connectivity index (χ4n) is 3.98. The predicted molar refractivity (Wildman–Crippen MR) is 128 cm³/mol. The largest absolute Gasteiger partial charge is 0.385 e. The van der Waals surface area contributed by atoms with Crippen LogP contribution in [-0.4, -0.2) is 63.3 Å². The summed E-state index contributed by atoms with van der Waals surface area (Å²) >= 11 is 0. The SMILES string of the molecule is CCNC(=NCC1(c2cccc(F)c2)CC1)NC1CCN(CCCOC)CC1.I. The van der Waals surface area contributed by atoms with Crippen LogP contribution in [0.5, 0.6) is 0 Å². The van der Waals surface area contributed by atoms with Crippen molar-refractivity contribution >= 4 is 29.9 Å². The highest BCUT2D eigenvalue weighted by Gasteiger charge is 2.44. The van der Waals surface area contributed by atoms with Crippen molar-refractivity contribution in [3.8, 4) is 0 Å². The van der Waals surface area contributed by atoms with Gasteiger partial charge in [0.25, 0.3) is 0 Å². The molecular weight excluding hydrogens is 482 g/mol. The van der Waals surface area contributed by atoms with Crippen LogP contribution in [0, 0.1) is 5.82 Å². The van der Waals surface area contributed by atoms with Gasteiger partial charge in [0.2, 0.25) is 0 Å². The fraction of sp³-hybridized carbons (Fsp3) is 0.682. The lowest BCUT2D eigenvalue weighted by Gasteiger charge is -2.33. The molecule has 0 bridgehead atoms. The van der Waals surface area contributed by atoms with Crippen molar-refractivity contribution in [3.63, 3.8) is 0 Å². The fourth-order valence-corrected chi connectivity index (χ4v) is 3.98. The summed E-state index contributed by atoms with van der Waals surface area (Å²) in [5.74, 6) is 0.734. The maximum absolute atomic E-state index is 13.6. The summed E-state index contributed by atoms with van der Waals surface area (Å²) < 4.78 is 18.8. The molecule has 2 fully saturated rings. The van der Waals surface area contributed by atoms with Crippen LogP contribution in [-0.2, 0) is 10.2 Å². The first-order chi connectivity index (χ1) is 13.6. The number of guanidine groups is 1. The predicted octanol–water partition coefficient (Wildman–Crippen LogP) is 3.53. The van der Waals surface area contributed by atoms with Gasteiger partial charge in [-0.05, 0) is 56.7 Å². The van der Waals surface area contributed by atoms with E-state index in [0.29, 0.717) is 12.6 Å². The lowest BCUT2D eigenvalue weighted by atomic mass is 9.96. The monoisotopic (exact) mass is 518 g/mol. The van der Waals surface area contributed by atoms with Gasteiger partial charge in [0.15, 0.2) is 5.96 Å². The second-order valence-electron chi connectivity index (χ2n) is 8.09.